The van der Waals surface area contributed by atoms with Crippen molar-refractivity contribution in [3.8, 4) is 11.3 Å². The number of hydrogen-bond donors (Lipinski definition) is 1. The summed E-state index contributed by atoms with van der Waals surface area (Å²) in [6.45, 7) is 4.45. The van der Waals surface area contributed by atoms with Gasteiger partial charge in [0.05, 0.1) is 25.1 Å². The predicted molar refractivity (Wildman–Crippen MR) is 130 cm³/mol. The molecule has 0 aromatic carbocycles. The van der Waals surface area contributed by atoms with E-state index >= 15 is 0 Å². The number of aromatic nitrogens is 3. The van der Waals surface area contributed by atoms with E-state index in [2.05, 4.69) is 15.4 Å². The van der Waals surface area contributed by atoms with Crippen molar-refractivity contribution in [1.82, 2.24) is 14.8 Å². The minimum atomic E-state index is -0.633. The zero-order valence-electron chi connectivity index (χ0n) is 19.3. The van der Waals surface area contributed by atoms with Crippen LogP contribution in [0.5, 0.6) is 0 Å². The van der Waals surface area contributed by atoms with E-state index in [1.54, 1.807) is 31.5 Å². The highest BCUT2D eigenvalue weighted by atomic mass is 32.1. The van der Waals surface area contributed by atoms with Gasteiger partial charge in [0.25, 0.3) is 5.56 Å². The van der Waals surface area contributed by atoms with Gasteiger partial charge in [-0.1, -0.05) is 0 Å². The van der Waals surface area contributed by atoms with Gasteiger partial charge < -0.3 is 14.8 Å². The number of hydrogen-bond acceptors (Lipinski definition) is 9. The Bertz CT molecular complexity index is 1150. The Hall–Kier alpha value is -3.53. The third kappa shape index (κ3) is 6.50. The first kappa shape index (κ1) is 25.1. The first-order valence-corrected chi connectivity index (χ1v) is 12.2. The molecule has 0 aliphatic heterocycles. The average molecular weight is 485 g/mol. The summed E-state index contributed by atoms with van der Waals surface area (Å²) >= 11 is 1.47. The SMILES string of the molecule is CCOC(=O)CCCCCOC(=O)c1c(-c2ccsc2)nn(CC)c(=O)c1Nc1cccnc1. The van der Waals surface area contributed by atoms with Crippen molar-refractivity contribution in [2.24, 2.45) is 0 Å². The van der Waals surface area contributed by atoms with Gasteiger partial charge >= 0.3 is 11.9 Å². The van der Waals surface area contributed by atoms with Gasteiger partial charge in [-0.2, -0.15) is 16.4 Å². The first-order chi connectivity index (χ1) is 16.5. The Morgan fingerprint density at radius 2 is 2.00 bits per heavy atom. The van der Waals surface area contributed by atoms with Crippen molar-refractivity contribution in [3.05, 3.63) is 57.3 Å². The van der Waals surface area contributed by atoms with E-state index < -0.39 is 11.5 Å². The van der Waals surface area contributed by atoms with Crippen LogP contribution in [-0.4, -0.2) is 39.9 Å². The predicted octanol–water partition coefficient (Wildman–Crippen LogP) is 4.41. The van der Waals surface area contributed by atoms with Crippen molar-refractivity contribution in [2.75, 3.05) is 18.5 Å². The van der Waals surface area contributed by atoms with Crippen LogP contribution in [0.2, 0.25) is 0 Å². The fourth-order valence-electron chi connectivity index (χ4n) is 3.30. The molecule has 3 aromatic heterocycles. The molecule has 9 nitrogen and oxygen atoms in total. The Kier molecular flexibility index (Phi) is 9.33. The van der Waals surface area contributed by atoms with E-state index in [1.165, 1.54) is 16.0 Å². The molecule has 0 saturated heterocycles. The number of aryl methyl sites for hydroxylation is 1. The summed E-state index contributed by atoms with van der Waals surface area (Å²) in [4.78, 5) is 41.9. The Morgan fingerprint density at radius 1 is 1.15 bits per heavy atom. The average Bonchev–Trinajstić information content (AvgIpc) is 3.38. The van der Waals surface area contributed by atoms with Crippen LogP contribution >= 0.6 is 11.3 Å². The molecule has 0 amide bonds. The van der Waals surface area contributed by atoms with Gasteiger partial charge in [-0.25, -0.2) is 9.48 Å². The number of unbranched alkanes of at least 4 members (excludes halogenated alkanes) is 2. The third-order valence-corrected chi connectivity index (χ3v) is 5.63. The van der Waals surface area contributed by atoms with Crippen LogP contribution in [0.4, 0.5) is 11.4 Å². The number of esters is 2. The second kappa shape index (κ2) is 12.6. The van der Waals surface area contributed by atoms with Crippen LogP contribution in [-0.2, 0) is 20.8 Å². The lowest BCUT2D eigenvalue weighted by atomic mass is 10.1. The number of rotatable bonds is 12. The van der Waals surface area contributed by atoms with E-state index in [0.29, 0.717) is 50.2 Å². The molecule has 0 bridgehead atoms. The Balaban J connectivity index is 1.83. The van der Waals surface area contributed by atoms with Gasteiger partial charge in [0.15, 0.2) is 0 Å². The van der Waals surface area contributed by atoms with E-state index in [1.807, 2.05) is 23.8 Å². The lowest BCUT2D eigenvalue weighted by molar-refractivity contribution is -0.143. The van der Waals surface area contributed by atoms with E-state index in [-0.39, 0.29) is 23.8 Å². The fraction of sp³-hybridized carbons (Fsp3) is 0.375. The van der Waals surface area contributed by atoms with Gasteiger partial charge in [-0.15, -0.1) is 0 Å². The molecule has 0 atom stereocenters. The maximum absolute atomic E-state index is 13.2. The van der Waals surface area contributed by atoms with Crippen LogP contribution in [0.15, 0.2) is 46.1 Å². The molecule has 1 N–H and O–H groups in total. The minimum Gasteiger partial charge on any atom is -0.466 e. The molecule has 0 unspecified atom stereocenters. The molecule has 3 aromatic rings. The summed E-state index contributed by atoms with van der Waals surface area (Å²) in [5, 5.41) is 11.3. The highest BCUT2D eigenvalue weighted by Crippen LogP contribution is 2.29. The van der Waals surface area contributed by atoms with Gasteiger partial charge in [0.1, 0.15) is 16.9 Å². The highest BCUT2D eigenvalue weighted by Gasteiger charge is 2.26. The molecule has 3 rings (SSSR count). The Labute approximate surface area is 201 Å². The molecule has 10 heteroatoms. The number of nitrogens with one attached hydrogen (secondary N) is 1. The van der Waals surface area contributed by atoms with Gasteiger partial charge in [0, 0.05) is 30.1 Å². The van der Waals surface area contributed by atoms with Crippen LogP contribution in [0.25, 0.3) is 11.3 Å². The number of thiophene rings is 1. The molecule has 0 fully saturated rings. The van der Waals surface area contributed by atoms with Crippen molar-refractivity contribution >= 4 is 34.7 Å². The summed E-state index contributed by atoms with van der Waals surface area (Å²) < 4.78 is 11.8. The number of anilines is 2. The zero-order valence-corrected chi connectivity index (χ0v) is 20.1. The quantitative estimate of drug-likeness (QED) is 0.297. The van der Waals surface area contributed by atoms with Crippen molar-refractivity contribution in [3.63, 3.8) is 0 Å². The maximum atomic E-state index is 13.2. The number of carbonyl (C=O) groups is 2. The summed E-state index contributed by atoms with van der Waals surface area (Å²) in [5.74, 6) is -0.862. The summed E-state index contributed by atoms with van der Waals surface area (Å²) in [5.41, 5.74) is 1.43. The molecule has 0 aliphatic carbocycles. The topological polar surface area (TPSA) is 112 Å². The van der Waals surface area contributed by atoms with Crippen molar-refractivity contribution in [1.29, 1.82) is 0 Å². The molecule has 3 heterocycles. The molecule has 180 valence electrons. The normalized spacial score (nSPS) is 10.6. The molecular weight excluding hydrogens is 456 g/mol. The highest BCUT2D eigenvalue weighted by molar-refractivity contribution is 7.08. The second-order valence-electron chi connectivity index (χ2n) is 7.35. The van der Waals surface area contributed by atoms with E-state index in [0.717, 1.165) is 5.56 Å². The molecule has 0 radical (unpaired) electrons. The summed E-state index contributed by atoms with van der Waals surface area (Å²) in [6, 6.07) is 5.33. The largest absolute Gasteiger partial charge is 0.466 e. The maximum Gasteiger partial charge on any atom is 0.342 e. The van der Waals surface area contributed by atoms with Crippen molar-refractivity contribution in [2.45, 2.75) is 46.1 Å². The van der Waals surface area contributed by atoms with Crippen molar-refractivity contribution < 1.29 is 19.1 Å². The van der Waals surface area contributed by atoms with Gasteiger partial charge in [0.2, 0.25) is 0 Å². The van der Waals surface area contributed by atoms with Crippen LogP contribution in [0, 0.1) is 0 Å². The minimum absolute atomic E-state index is 0.0866. The monoisotopic (exact) mass is 484 g/mol. The molecular formula is C24H28N4O5S. The molecule has 0 aliphatic rings. The summed E-state index contributed by atoms with van der Waals surface area (Å²) in [7, 11) is 0. The second-order valence-corrected chi connectivity index (χ2v) is 8.13. The Morgan fingerprint density at radius 3 is 2.68 bits per heavy atom. The van der Waals surface area contributed by atoms with E-state index in [4.69, 9.17) is 9.47 Å². The van der Waals surface area contributed by atoms with Crippen LogP contribution in [0.3, 0.4) is 0 Å². The smallest absolute Gasteiger partial charge is 0.342 e. The number of nitrogens with zero attached hydrogens (tertiary/aromatic N) is 3. The standard InChI is InChI=1S/C24H28N4O5S/c1-3-28-23(30)22(26-18-9-8-12-25-15-18)20(21(27-28)17-11-14-34-16-17)24(31)33-13-7-5-6-10-19(29)32-4-2/h8-9,11-12,14-16,26H,3-7,10,13H2,1-2H3. The zero-order chi connectivity index (χ0) is 24.3. The molecule has 34 heavy (non-hydrogen) atoms. The van der Waals surface area contributed by atoms with E-state index in [9.17, 15) is 14.4 Å². The first-order valence-electron chi connectivity index (χ1n) is 11.2. The number of carbonyl (C=O) groups excluding carboxylic acids is 2. The van der Waals surface area contributed by atoms with Crippen LogP contribution < -0.4 is 10.9 Å². The molecule has 0 saturated carbocycles. The fourth-order valence-corrected chi connectivity index (χ4v) is 3.94. The number of pyridine rings is 1. The lowest BCUT2D eigenvalue weighted by Gasteiger charge is -2.16. The van der Waals surface area contributed by atoms with Crippen LogP contribution in [0.1, 0.15) is 49.9 Å². The number of ether oxygens (including phenoxy) is 2. The molecule has 0 spiro atoms. The summed E-state index contributed by atoms with van der Waals surface area (Å²) in [6.07, 6.45) is 5.47. The van der Waals surface area contributed by atoms with Gasteiger partial charge in [-0.3, -0.25) is 14.6 Å². The lowest BCUT2D eigenvalue weighted by Crippen LogP contribution is -2.29. The third-order valence-electron chi connectivity index (χ3n) is 4.95. The van der Waals surface area contributed by atoms with Gasteiger partial charge in [-0.05, 0) is 56.7 Å².